The Balaban J connectivity index is 2.21. The molecule has 1 atom stereocenters. The fourth-order valence-corrected chi connectivity index (χ4v) is 2.24. The van der Waals surface area contributed by atoms with E-state index >= 15 is 0 Å². The SMILES string of the molecule is CC(C)C[C@@H](NC(=O)CCOC1CCNCC1)C(=O)O. The Morgan fingerprint density at radius 2 is 2.00 bits per heavy atom. The number of hydrogen-bond acceptors (Lipinski definition) is 4. The van der Waals surface area contributed by atoms with E-state index in [1.807, 2.05) is 13.8 Å². The van der Waals surface area contributed by atoms with E-state index in [2.05, 4.69) is 10.6 Å². The van der Waals surface area contributed by atoms with Crippen LogP contribution in [0.5, 0.6) is 0 Å². The molecule has 6 nitrogen and oxygen atoms in total. The summed E-state index contributed by atoms with van der Waals surface area (Å²) in [7, 11) is 0. The third-order valence-electron chi connectivity index (χ3n) is 3.31. The van der Waals surface area contributed by atoms with Crippen molar-refractivity contribution in [3.8, 4) is 0 Å². The molecule has 6 heteroatoms. The van der Waals surface area contributed by atoms with Gasteiger partial charge >= 0.3 is 5.97 Å². The normalized spacial score (nSPS) is 17.9. The highest BCUT2D eigenvalue weighted by Crippen LogP contribution is 2.08. The molecule has 1 fully saturated rings. The average molecular weight is 286 g/mol. The van der Waals surface area contributed by atoms with Crippen molar-refractivity contribution in [2.45, 2.75) is 51.7 Å². The van der Waals surface area contributed by atoms with Crippen LogP contribution in [0.25, 0.3) is 0 Å². The second-order valence-electron chi connectivity index (χ2n) is 5.66. The van der Waals surface area contributed by atoms with Crippen molar-refractivity contribution >= 4 is 11.9 Å². The summed E-state index contributed by atoms with van der Waals surface area (Å²) < 4.78 is 5.63. The number of carboxylic acid groups (broad SMARTS) is 1. The second kappa shape index (κ2) is 8.92. The Kier molecular flexibility index (Phi) is 7.54. The van der Waals surface area contributed by atoms with Crippen molar-refractivity contribution in [2.24, 2.45) is 5.92 Å². The molecule has 116 valence electrons. The van der Waals surface area contributed by atoms with Crippen molar-refractivity contribution in [2.75, 3.05) is 19.7 Å². The lowest BCUT2D eigenvalue weighted by Gasteiger charge is -2.23. The molecule has 1 heterocycles. The molecule has 1 aliphatic heterocycles. The Bertz CT molecular complexity index is 314. The molecule has 1 rings (SSSR count). The molecular weight excluding hydrogens is 260 g/mol. The number of piperidine rings is 1. The molecule has 0 aromatic carbocycles. The lowest BCUT2D eigenvalue weighted by Crippen LogP contribution is -2.42. The molecule has 0 spiro atoms. The van der Waals surface area contributed by atoms with Crippen molar-refractivity contribution in [1.29, 1.82) is 0 Å². The summed E-state index contributed by atoms with van der Waals surface area (Å²) in [5, 5.41) is 14.8. The largest absolute Gasteiger partial charge is 0.480 e. The van der Waals surface area contributed by atoms with Crippen LogP contribution in [0, 0.1) is 5.92 Å². The highest BCUT2D eigenvalue weighted by atomic mass is 16.5. The number of carbonyl (C=O) groups is 2. The highest BCUT2D eigenvalue weighted by Gasteiger charge is 2.21. The van der Waals surface area contributed by atoms with Crippen LogP contribution in [0.3, 0.4) is 0 Å². The molecule has 3 N–H and O–H groups in total. The number of carboxylic acids is 1. The van der Waals surface area contributed by atoms with Crippen LogP contribution >= 0.6 is 0 Å². The van der Waals surface area contributed by atoms with E-state index in [1.54, 1.807) is 0 Å². The van der Waals surface area contributed by atoms with E-state index in [9.17, 15) is 9.59 Å². The van der Waals surface area contributed by atoms with Crippen molar-refractivity contribution in [3.63, 3.8) is 0 Å². The molecule has 0 aromatic heterocycles. The number of aliphatic carboxylic acids is 1. The zero-order valence-corrected chi connectivity index (χ0v) is 12.4. The van der Waals surface area contributed by atoms with Crippen LogP contribution in [-0.4, -0.2) is 48.8 Å². The van der Waals surface area contributed by atoms with Crippen molar-refractivity contribution < 1.29 is 19.4 Å². The molecule has 1 aliphatic rings. The average Bonchev–Trinajstić information content (AvgIpc) is 2.38. The number of ether oxygens (including phenoxy) is 1. The third-order valence-corrected chi connectivity index (χ3v) is 3.31. The summed E-state index contributed by atoms with van der Waals surface area (Å²) in [6.07, 6.45) is 2.80. The van der Waals surface area contributed by atoms with Crippen LogP contribution in [-0.2, 0) is 14.3 Å². The maximum absolute atomic E-state index is 11.7. The Morgan fingerprint density at radius 3 is 2.55 bits per heavy atom. The topological polar surface area (TPSA) is 87.7 Å². The van der Waals surface area contributed by atoms with Gasteiger partial charge in [-0.05, 0) is 38.3 Å². The van der Waals surface area contributed by atoms with E-state index in [1.165, 1.54) is 0 Å². The van der Waals surface area contributed by atoms with Gasteiger partial charge in [0.05, 0.1) is 12.7 Å². The quantitative estimate of drug-likeness (QED) is 0.613. The van der Waals surface area contributed by atoms with Crippen LogP contribution in [0.1, 0.15) is 39.5 Å². The van der Waals surface area contributed by atoms with E-state index in [0.717, 1.165) is 25.9 Å². The fourth-order valence-electron chi connectivity index (χ4n) is 2.24. The number of hydrogen-bond donors (Lipinski definition) is 3. The number of rotatable bonds is 8. The van der Waals surface area contributed by atoms with Gasteiger partial charge in [-0.15, -0.1) is 0 Å². The maximum atomic E-state index is 11.7. The zero-order valence-electron chi connectivity index (χ0n) is 12.4. The maximum Gasteiger partial charge on any atom is 0.326 e. The lowest BCUT2D eigenvalue weighted by atomic mass is 10.0. The summed E-state index contributed by atoms with van der Waals surface area (Å²) in [5.74, 6) is -1.01. The molecule has 1 amide bonds. The van der Waals surface area contributed by atoms with E-state index in [0.29, 0.717) is 13.0 Å². The molecule has 0 unspecified atom stereocenters. The Morgan fingerprint density at radius 1 is 1.35 bits per heavy atom. The summed E-state index contributed by atoms with van der Waals surface area (Å²) in [5.41, 5.74) is 0. The first kappa shape index (κ1) is 16.9. The highest BCUT2D eigenvalue weighted by molar-refractivity contribution is 5.83. The van der Waals surface area contributed by atoms with E-state index in [4.69, 9.17) is 9.84 Å². The van der Waals surface area contributed by atoms with Gasteiger partial charge in [-0.2, -0.15) is 0 Å². The van der Waals surface area contributed by atoms with Gasteiger partial charge in [-0.3, -0.25) is 4.79 Å². The molecule has 0 radical (unpaired) electrons. The van der Waals surface area contributed by atoms with Crippen LogP contribution in [0.4, 0.5) is 0 Å². The van der Waals surface area contributed by atoms with E-state index < -0.39 is 12.0 Å². The Hall–Kier alpha value is -1.14. The molecular formula is C14H26N2O4. The van der Waals surface area contributed by atoms with Crippen molar-refractivity contribution in [1.82, 2.24) is 10.6 Å². The number of carbonyl (C=O) groups excluding carboxylic acids is 1. The minimum atomic E-state index is -0.980. The molecule has 0 aromatic rings. The van der Waals surface area contributed by atoms with Gasteiger partial charge in [0.2, 0.25) is 5.91 Å². The smallest absolute Gasteiger partial charge is 0.326 e. The molecule has 0 aliphatic carbocycles. The van der Waals surface area contributed by atoms with Crippen molar-refractivity contribution in [3.05, 3.63) is 0 Å². The third kappa shape index (κ3) is 6.86. The van der Waals surface area contributed by atoms with Gasteiger partial charge in [0, 0.05) is 6.42 Å². The van der Waals surface area contributed by atoms with Gasteiger partial charge in [-0.25, -0.2) is 4.79 Å². The summed E-state index contributed by atoms with van der Waals surface area (Å²) in [6.45, 7) is 6.12. The monoisotopic (exact) mass is 286 g/mol. The first-order valence-corrected chi connectivity index (χ1v) is 7.33. The van der Waals surface area contributed by atoms with Gasteiger partial charge in [0.15, 0.2) is 0 Å². The first-order chi connectivity index (χ1) is 9.49. The number of amides is 1. The molecule has 20 heavy (non-hydrogen) atoms. The second-order valence-corrected chi connectivity index (χ2v) is 5.66. The van der Waals surface area contributed by atoms with Crippen LogP contribution in [0.15, 0.2) is 0 Å². The summed E-state index contributed by atoms with van der Waals surface area (Å²) in [4.78, 5) is 22.8. The summed E-state index contributed by atoms with van der Waals surface area (Å²) >= 11 is 0. The summed E-state index contributed by atoms with van der Waals surface area (Å²) in [6, 6.07) is -0.804. The minimum absolute atomic E-state index is 0.214. The lowest BCUT2D eigenvalue weighted by molar-refractivity contribution is -0.142. The predicted molar refractivity (Wildman–Crippen MR) is 75.5 cm³/mol. The number of nitrogens with one attached hydrogen (secondary N) is 2. The Labute approximate surface area is 120 Å². The first-order valence-electron chi connectivity index (χ1n) is 7.33. The minimum Gasteiger partial charge on any atom is -0.480 e. The standard InChI is InChI=1S/C14H26N2O4/c1-10(2)9-12(14(18)19)16-13(17)5-8-20-11-3-6-15-7-4-11/h10-12,15H,3-9H2,1-2H3,(H,16,17)(H,18,19)/t12-/m1/s1. The zero-order chi connectivity index (χ0) is 15.0. The van der Waals surface area contributed by atoms with Gasteiger partial charge in [0.1, 0.15) is 6.04 Å². The molecule has 0 saturated carbocycles. The van der Waals surface area contributed by atoms with Crippen LogP contribution < -0.4 is 10.6 Å². The van der Waals surface area contributed by atoms with Crippen LogP contribution in [0.2, 0.25) is 0 Å². The van der Waals surface area contributed by atoms with Gasteiger partial charge in [-0.1, -0.05) is 13.8 Å². The van der Waals surface area contributed by atoms with E-state index in [-0.39, 0.29) is 24.3 Å². The molecule has 1 saturated heterocycles. The molecule has 0 bridgehead atoms. The van der Waals surface area contributed by atoms with Gasteiger partial charge in [0.25, 0.3) is 0 Å². The fraction of sp³-hybridized carbons (Fsp3) is 0.857. The predicted octanol–water partition coefficient (Wildman–Crippen LogP) is 0.761. The van der Waals surface area contributed by atoms with Gasteiger partial charge < -0.3 is 20.5 Å².